The van der Waals surface area contributed by atoms with Gasteiger partial charge >= 0.3 is 29.6 Å². The zero-order valence-corrected chi connectivity index (χ0v) is 25.7. The fraction of sp³-hybridized carbons (Fsp3) is 0.0714. The van der Waals surface area contributed by atoms with Gasteiger partial charge in [0.05, 0.1) is 33.9 Å². The second kappa shape index (κ2) is 11.1. The number of hydrogen-bond acceptors (Lipinski definition) is 8. The van der Waals surface area contributed by atoms with Crippen LogP contribution in [-0.2, 0) is 20.2 Å². The molecule has 0 heterocycles. The Bertz CT molecular complexity index is 1830. The van der Waals surface area contributed by atoms with E-state index < -0.39 is 31.8 Å². The number of aryl methyl sites for hydroxylation is 2. The summed E-state index contributed by atoms with van der Waals surface area (Å²) in [6.45, 7) is 3.31. The molecule has 5 rings (SSSR count). The van der Waals surface area contributed by atoms with Gasteiger partial charge in [-0.3, -0.25) is 18.7 Å². The Morgan fingerprint density at radius 1 is 0.561 bits per heavy atom. The summed E-state index contributed by atoms with van der Waals surface area (Å²) in [5.74, 6) is -1.06. The maximum Gasteiger partial charge on any atom is 1.00 e. The SMILES string of the molecule is Cc1ccc(Nc2cccc3c2C(=O)c2cccc(Nc4ccc(C)cc4S(=O)(=O)O)c2C3=O)c(S(=O)(=O)O)c1.[Na+]. The van der Waals surface area contributed by atoms with Crippen molar-refractivity contribution in [3.05, 3.63) is 106 Å². The molecule has 0 saturated carbocycles. The van der Waals surface area contributed by atoms with Crippen molar-refractivity contribution in [3.8, 4) is 0 Å². The first-order chi connectivity index (χ1) is 18.8. The van der Waals surface area contributed by atoms with E-state index in [0.717, 1.165) is 0 Å². The Labute approximate surface area is 258 Å². The van der Waals surface area contributed by atoms with Gasteiger partial charge in [-0.15, -0.1) is 0 Å². The van der Waals surface area contributed by atoms with Crippen LogP contribution in [0.3, 0.4) is 0 Å². The van der Waals surface area contributed by atoms with Gasteiger partial charge in [0.25, 0.3) is 20.2 Å². The molecule has 0 bridgehead atoms. The van der Waals surface area contributed by atoms with Crippen LogP contribution in [0.2, 0.25) is 0 Å². The van der Waals surface area contributed by atoms with Gasteiger partial charge in [-0.1, -0.05) is 36.4 Å². The summed E-state index contributed by atoms with van der Waals surface area (Å²) < 4.78 is 67.4. The van der Waals surface area contributed by atoms with Crippen LogP contribution < -0.4 is 40.2 Å². The Hall–Kier alpha value is -3.36. The van der Waals surface area contributed by atoms with E-state index in [1.54, 1.807) is 26.0 Å². The van der Waals surface area contributed by atoms with Gasteiger partial charge in [0.1, 0.15) is 9.79 Å². The van der Waals surface area contributed by atoms with Crippen molar-refractivity contribution in [1.29, 1.82) is 0 Å². The van der Waals surface area contributed by atoms with Crippen molar-refractivity contribution in [1.82, 2.24) is 0 Å². The van der Waals surface area contributed by atoms with Crippen LogP contribution in [-0.4, -0.2) is 37.5 Å². The normalized spacial score (nSPS) is 12.7. The van der Waals surface area contributed by atoms with Crippen LogP contribution in [0.15, 0.2) is 82.6 Å². The van der Waals surface area contributed by atoms with E-state index in [0.29, 0.717) is 11.1 Å². The van der Waals surface area contributed by atoms with Crippen molar-refractivity contribution >= 4 is 54.6 Å². The van der Waals surface area contributed by atoms with Crippen molar-refractivity contribution < 1.29 is 65.1 Å². The molecule has 0 amide bonds. The quantitative estimate of drug-likeness (QED) is 0.167. The molecule has 204 valence electrons. The third-order valence-corrected chi connectivity index (χ3v) is 8.23. The molecule has 4 N–H and O–H groups in total. The molecule has 0 aromatic heterocycles. The van der Waals surface area contributed by atoms with Crippen LogP contribution in [0, 0.1) is 13.8 Å². The zero-order chi connectivity index (χ0) is 29.0. The molecule has 0 aliphatic heterocycles. The van der Waals surface area contributed by atoms with Gasteiger partial charge < -0.3 is 10.6 Å². The second-order valence-corrected chi connectivity index (χ2v) is 12.1. The molecule has 4 aromatic rings. The van der Waals surface area contributed by atoms with Gasteiger partial charge in [0.15, 0.2) is 11.6 Å². The molecule has 0 radical (unpaired) electrons. The van der Waals surface area contributed by atoms with E-state index in [9.17, 15) is 35.5 Å². The van der Waals surface area contributed by atoms with Crippen LogP contribution in [0.5, 0.6) is 0 Å². The van der Waals surface area contributed by atoms with E-state index in [1.807, 2.05) is 0 Å². The molecule has 0 saturated heterocycles. The molecule has 0 unspecified atom stereocenters. The molecule has 0 atom stereocenters. The number of anilines is 4. The van der Waals surface area contributed by atoms with Crippen LogP contribution in [0.1, 0.15) is 43.0 Å². The van der Waals surface area contributed by atoms with Crippen LogP contribution >= 0.6 is 0 Å². The predicted molar refractivity (Wildman–Crippen MR) is 148 cm³/mol. The van der Waals surface area contributed by atoms with Gasteiger partial charge in [0, 0.05) is 11.1 Å². The fourth-order valence-corrected chi connectivity index (χ4v) is 6.10. The topological polar surface area (TPSA) is 167 Å². The largest absolute Gasteiger partial charge is 1.00 e. The standard InChI is InChI=1S/C28H22N2O8S2.Na/c1-15-9-11-19(23(13-15)39(33,34)35)29-21-7-3-5-17-25(21)27(31)18-6-4-8-22(26(18)28(17)32)30-20-12-10-16(2)14-24(20)40(36,37)38;/h3-14,29-30H,1-2H3,(H,33,34,35)(H,36,37,38);/q;+1. The molecule has 0 fully saturated rings. The van der Waals surface area contributed by atoms with Gasteiger partial charge in [-0.05, 0) is 61.4 Å². The second-order valence-electron chi connectivity index (χ2n) is 9.31. The molecular weight excluding hydrogens is 579 g/mol. The summed E-state index contributed by atoms with van der Waals surface area (Å²) in [7, 11) is -9.21. The predicted octanol–water partition coefficient (Wildman–Crippen LogP) is 2.06. The first-order valence-electron chi connectivity index (χ1n) is 11.8. The smallest absolute Gasteiger partial charge is 0.354 e. The summed E-state index contributed by atoms with van der Waals surface area (Å²) >= 11 is 0. The molecule has 1 aliphatic rings. The number of benzene rings is 4. The minimum absolute atomic E-state index is 0. The number of rotatable bonds is 6. The maximum absolute atomic E-state index is 13.8. The summed E-state index contributed by atoms with van der Waals surface area (Å²) in [5, 5.41) is 5.76. The van der Waals surface area contributed by atoms with Crippen molar-refractivity contribution in [2.75, 3.05) is 10.6 Å². The third-order valence-electron chi connectivity index (χ3n) is 6.44. The summed E-state index contributed by atoms with van der Waals surface area (Å²) in [6, 6.07) is 17.6. The maximum atomic E-state index is 13.8. The van der Waals surface area contributed by atoms with E-state index in [1.165, 1.54) is 60.7 Å². The molecule has 10 nitrogen and oxygen atoms in total. The number of carbonyl (C=O) groups is 2. The number of fused-ring (bicyclic) bond motifs is 2. The number of carbonyl (C=O) groups excluding carboxylic acids is 2. The third kappa shape index (κ3) is 5.86. The summed E-state index contributed by atoms with van der Waals surface area (Å²) in [6.07, 6.45) is 0. The number of hydrogen-bond donors (Lipinski definition) is 4. The molecule has 1 aliphatic carbocycles. The average Bonchev–Trinajstić information content (AvgIpc) is 2.88. The van der Waals surface area contributed by atoms with Crippen molar-refractivity contribution in [2.24, 2.45) is 0 Å². The molecule has 13 heteroatoms. The molecular formula is C28H22N2NaO8S2+. The van der Waals surface area contributed by atoms with Gasteiger partial charge in [-0.2, -0.15) is 16.8 Å². The number of nitrogens with one attached hydrogen (secondary N) is 2. The monoisotopic (exact) mass is 601 g/mol. The first-order valence-corrected chi connectivity index (χ1v) is 14.7. The van der Waals surface area contributed by atoms with Crippen molar-refractivity contribution in [3.63, 3.8) is 0 Å². The molecule has 0 spiro atoms. The summed E-state index contributed by atoms with van der Waals surface area (Å²) in [5.41, 5.74) is 1.59. The Balaban J connectivity index is 0.00000387. The van der Waals surface area contributed by atoms with Crippen LogP contribution in [0.25, 0.3) is 0 Å². The molecule has 41 heavy (non-hydrogen) atoms. The van der Waals surface area contributed by atoms with E-state index in [4.69, 9.17) is 0 Å². The minimum Gasteiger partial charge on any atom is -0.354 e. The van der Waals surface area contributed by atoms with E-state index in [-0.39, 0.29) is 84.4 Å². The van der Waals surface area contributed by atoms with Gasteiger partial charge in [-0.25, -0.2) is 0 Å². The summed E-state index contributed by atoms with van der Waals surface area (Å²) in [4.78, 5) is 26.7. The Kier molecular flexibility index (Phi) is 8.31. The Morgan fingerprint density at radius 2 is 0.927 bits per heavy atom. The van der Waals surface area contributed by atoms with Crippen molar-refractivity contribution in [2.45, 2.75) is 23.6 Å². The van der Waals surface area contributed by atoms with E-state index in [2.05, 4.69) is 10.6 Å². The first kappa shape index (κ1) is 30.6. The number of ketones is 2. The fourth-order valence-electron chi connectivity index (χ4n) is 4.63. The Morgan fingerprint density at radius 3 is 1.27 bits per heavy atom. The molecule has 4 aromatic carbocycles. The minimum atomic E-state index is -4.61. The average molecular weight is 602 g/mol. The zero-order valence-electron chi connectivity index (χ0n) is 22.1. The van der Waals surface area contributed by atoms with Gasteiger partial charge in [0.2, 0.25) is 0 Å². The van der Waals surface area contributed by atoms with Crippen LogP contribution in [0.4, 0.5) is 22.7 Å². The van der Waals surface area contributed by atoms with E-state index >= 15 is 0 Å².